The van der Waals surface area contributed by atoms with Crippen molar-refractivity contribution < 1.29 is 9.59 Å². The van der Waals surface area contributed by atoms with Gasteiger partial charge < -0.3 is 16.0 Å². The summed E-state index contributed by atoms with van der Waals surface area (Å²) in [6, 6.07) is 12.9. The lowest BCUT2D eigenvalue weighted by Crippen LogP contribution is -2.39. The van der Waals surface area contributed by atoms with E-state index in [1.54, 1.807) is 12.1 Å². The molecule has 0 aliphatic heterocycles. The standard InChI is InChI=1S/C19H22IN3O2/c1-12(2)22-19(25)21-11-14-5-7-15(8-6-14)18(24)23-16-9-4-13(3)17(20)10-16/h4-10,12H,11H2,1-3H3,(H,23,24)(H2,21,22,25). The normalized spacial score (nSPS) is 10.4. The number of carbonyl (C=O) groups excluding carboxylic acids is 2. The first-order valence-electron chi connectivity index (χ1n) is 8.06. The lowest BCUT2D eigenvalue weighted by Gasteiger charge is -2.10. The molecule has 0 aliphatic carbocycles. The summed E-state index contributed by atoms with van der Waals surface area (Å²) in [4.78, 5) is 23.9. The topological polar surface area (TPSA) is 70.2 Å². The van der Waals surface area contributed by atoms with Gasteiger partial charge in [0.15, 0.2) is 0 Å². The van der Waals surface area contributed by atoms with Crippen molar-refractivity contribution in [3.05, 3.63) is 62.7 Å². The molecule has 0 saturated heterocycles. The highest BCUT2D eigenvalue weighted by atomic mass is 127. The molecule has 2 aromatic carbocycles. The first-order chi connectivity index (χ1) is 11.8. The van der Waals surface area contributed by atoms with Crippen LogP contribution in [-0.2, 0) is 6.54 Å². The van der Waals surface area contributed by atoms with Gasteiger partial charge in [0.05, 0.1) is 0 Å². The van der Waals surface area contributed by atoms with Gasteiger partial charge in [-0.1, -0.05) is 18.2 Å². The molecule has 0 radical (unpaired) electrons. The number of benzene rings is 2. The van der Waals surface area contributed by atoms with Crippen molar-refractivity contribution in [1.29, 1.82) is 0 Å². The third-order valence-corrected chi connectivity index (χ3v) is 4.68. The monoisotopic (exact) mass is 451 g/mol. The minimum atomic E-state index is -0.203. The Kier molecular flexibility index (Phi) is 6.81. The van der Waals surface area contributed by atoms with E-state index in [4.69, 9.17) is 0 Å². The summed E-state index contributed by atoms with van der Waals surface area (Å²) < 4.78 is 1.11. The van der Waals surface area contributed by atoms with Crippen molar-refractivity contribution in [3.8, 4) is 0 Å². The molecule has 0 unspecified atom stereocenters. The smallest absolute Gasteiger partial charge is 0.315 e. The predicted molar refractivity (Wildman–Crippen MR) is 109 cm³/mol. The van der Waals surface area contributed by atoms with Crippen LogP contribution in [0.5, 0.6) is 0 Å². The fraction of sp³-hybridized carbons (Fsp3) is 0.263. The van der Waals surface area contributed by atoms with Gasteiger partial charge in [0.2, 0.25) is 0 Å². The highest BCUT2D eigenvalue weighted by Gasteiger charge is 2.08. The zero-order valence-electron chi connectivity index (χ0n) is 14.5. The van der Waals surface area contributed by atoms with Gasteiger partial charge in [-0.25, -0.2) is 4.79 Å². The van der Waals surface area contributed by atoms with Crippen LogP contribution in [0.1, 0.15) is 35.3 Å². The number of nitrogens with one attached hydrogen (secondary N) is 3. The fourth-order valence-corrected chi connectivity index (χ4v) is 2.66. The summed E-state index contributed by atoms with van der Waals surface area (Å²) in [5, 5.41) is 8.44. The number of aryl methyl sites for hydroxylation is 1. The zero-order valence-corrected chi connectivity index (χ0v) is 16.7. The van der Waals surface area contributed by atoms with E-state index in [0.717, 1.165) is 14.8 Å². The summed E-state index contributed by atoms with van der Waals surface area (Å²) >= 11 is 2.25. The summed E-state index contributed by atoms with van der Waals surface area (Å²) in [7, 11) is 0. The van der Waals surface area contributed by atoms with E-state index in [1.807, 2.05) is 51.1 Å². The average Bonchev–Trinajstić information content (AvgIpc) is 2.56. The summed E-state index contributed by atoms with van der Waals surface area (Å²) in [6.07, 6.45) is 0. The van der Waals surface area contributed by atoms with Crippen LogP contribution in [0, 0.1) is 10.5 Å². The molecule has 0 spiro atoms. The Bertz CT molecular complexity index is 758. The Morgan fingerprint density at radius 3 is 2.36 bits per heavy atom. The predicted octanol–water partition coefficient (Wildman–Crippen LogP) is 4.06. The van der Waals surface area contributed by atoms with Crippen LogP contribution >= 0.6 is 22.6 Å². The molecule has 3 N–H and O–H groups in total. The number of hydrogen-bond acceptors (Lipinski definition) is 2. The van der Waals surface area contributed by atoms with E-state index < -0.39 is 0 Å². The number of halogens is 1. The Labute approximate surface area is 161 Å². The van der Waals surface area contributed by atoms with Crippen molar-refractivity contribution in [2.24, 2.45) is 0 Å². The van der Waals surface area contributed by atoms with Crippen LogP contribution in [0.3, 0.4) is 0 Å². The van der Waals surface area contributed by atoms with Crippen LogP contribution in [0.25, 0.3) is 0 Å². The van der Waals surface area contributed by atoms with Crippen LogP contribution < -0.4 is 16.0 Å². The molecule has 0 aliphatic rings. The molecule has 0 aromatic heterocycles. The molecule has 2 aromatic rings. The van der Waals surface area contributed by atoms with Crippen molar-refractivity contribution in [1.82, 2.24) is 10.6 Å². The number of amides is 3. The van der Waals surface area contributed by atoms with Crippen LogP contribution in [0.15, 0.2) is 42.5 Å². The van der Waals surface area contributed by atoms with Gasteiger partial charge in [-0.05, 0) is 78.8 Å². The van der Waals surface area contributed by atoms with Gasteiger partial charge in [-0.2, -0.15) is 0 Å². The number of hydrogen-bond donors (Lipinski definition) is 3. The molecule has 0 fully saturated rings. The number of rotatable bonds is 5. The van der Waals surface area contributed by atoms with Crippen LogP contribution in [0.4, 0.5) is 10.5 Å². The molecule has 132 valence electrons. The van der Waals surface area contributed by atoms with Crippen molar-refractivity contribution in [2.45, 2.75) is 33.4 Å². The van der Waals surface area contributed by atoms with Crippen molar-refractivity contribution in [3.63, 3.8) is 0 Å². The minimum absolute atomic E-state index is 0.0934. The molecular formula is C19H22IN3O2. The second kappa shape index (κ2) is 8.84. The number of anilines is 1. The van der Waals surface area contributed by atoms with E-state index in [0.29, 0.717) is 12.1 Å². The van der Waals surface area contributed by atoms with Gasteiger partial charge in [-0.3, -0.25) is 4.79 Å². The van der Waals surface area contributed by atoms with E-state index >= 15 is 0 Å². The quantitative estimate of drug-likeness (QED) is 0.601. The maximum Gasteiger partial charge on any atom is 0.315 e. The second-order valence-electron chi connectivity index (χ2n) is 6.10. The first kappa shape index (κ1) is 19.2. The minimum Gasteiger partial charge on any atom is -0.336 e. The maximum atomic E-state index is 12.3. The molecule has 3 amide bonds. The van der Waals surface area contributed by atoms with Gasteiger partial charge in [0.1, 0.15) is 0 Å². The molecule has 2 rings (SSSR count). The molecular weight excluding hydrogens is 429 g/mol. The van der Waals surface area contributed by atoms with Crippen LogP contribution in [-0.4, -0.2) is 18.0 Å². The Balaban J connectivity index is 1.93. The summed E-state index contributed by atoms with van der Waals surface area (Å²) in [5.41, 5.74) is 3.46. The Morgan fingerprint density at radius 1 is 1.08 bits per heavy atom. The largest absolute Gasteiger partial charge is 0.336 e. The van der Waals surface area contributed by atoms with E-state index in [2.05, 4.69) is 38.5 Å². The zero-order chi connectivity index (χ0) is 18.4. The third kappa shape index (κ3) is 6.04. The first-order valence-corrected chi connectivity index (χ1v) is 9.14. The molecule has 0 saturated carbocycles. The molecule has 25 heavy (non-hydrogen) atoms. The van der Waals surface area contributed by atoms with Gasteiger partial charge in [-0.15, -0.1) is 0 Å². The lowest BCUT2D eigenvalue weighted by atomic mass is 10.1. The Hall–Kier alpha value is -2.09. The van der Waals surface area contributed by atoms with E-state index in [-0.39, 0.29) is 18.0 Å². The molecule has 0 atom stereocenters. The van der Waals surface area contributed by atoms with Gasteiger partial charge in [0, 0.05) is 27.4 Å². The summed E-state index contributed by atoms with van der Waals surface area (Å²) in [6.45, 7) is 6.25. The van der Waals surface area contributed by atoms with Crippen LogP contribution in [0.2, 0.25) is 0 Å². The maximum absolute atomic E-state index is 12.3. The summed E-state index contributed by atoms with van der Waals surface area (Å²) in [5.74, 6) is -0.156. The molecule has 5 nitrogen and oxygen atoms in total. The average molecular weight is 451 g/mol. The highest BCUT2D eigenvalue weighted by Crippen LogP contribution is 2.18. The van der Waals surface area contributed by atoms with E-state index in [9.17, 15) is 9.59 Å². The van der Waals surface area contributed by atoms with Gasteiger partial charge >= 0.3 is 6.03 Å². The van der Waals surface area contributed by atoms with Crippen molar-refractivity contribution in [2.75, 3.05) is 5.32 Å². The molecule has 0 heterocycles. The second-order valence-corrected chi connectivity index (χ2v) is 7.26. The number of carbonyl (C=O) groups is 2. The van der Waals surface area contributed by atoms with E-state index in [1.165, 1.54) is 5.56 Å². The number of urea groups is 1. The van der Waals surface area contributed by atoms with Crippen molar-refractivity contribution >= 4 is 40.2 Å². The molecule has 6 heteroatoms. The Morgan fingerprint density at radius 2 is 1.76 bits per heavy atom. The SMILES string of the molecule is Cc1ccc(NC(=O)c2ccc(CNC(=O)NC(C)C)cc2)cc1I. The highest BCUT2D eigenvalue weighted by molar-refractivity contribution is 14.1. The van der Waals surface area contributed by atoms with Gasteiger partial charge in [0.25, 0.3) is 5.91 Å². The third-order valence-electron chi connectivity index (χ3n) is 3.52. The lowest BCUT2D eigenvalue weighted by molar-refractivity contribution is 0.102. The fourth-order valence-electron chi connectivity index (χ4n) is 2.14. The molecule has 0 bridgehead atoms.